The van der Waals surface area contributed by atoms with E-state index in [1.807, 2.05) is 5.32 Å². The molecule has 0 unspecified atom stereocenters. The van der Waals surface area contributed by atoms with E-state index in [0.29, 0.717) is 6.29 Å². The van der Waals surface area contributed by atoms with E-state index in [4.69, 9.17) is 16.6 Å². The predicted octanol–water partition coefficient (Wildman–Crippen LogP) is -2.48. The van der Waals surface area contributed by atoms with Gasteiger partial charge in [0.1, 0.15) is 18.2 Å². The molecule has 7 heteroatoms. The van der Waals surface area contributed by atoms with Crippen LogP contribution in [0.25, 0.3) is 0 Å². The van der Waals surface area contributed by atoms with Crippen LogP contribution in [0.5, 0.6) is 0 Å². The van der Waals surface area contributed by atoms with Crippen molar-refractivity contribution in [2.45, 2.75) is 0 Å². The van der Waals surface area contributed by atoms with E-state index >= 15 is 0 Å². The minimum atomic E-state index is -0.883. The van der Waals surface area contributed by atoms with E-state index < -0.39 is 12.8 Å². The van der Waals surface area contributed by atoms with E-state index in [2.05, 4.69) is 5.32 Å². The van der Waals surface area contributed by atoms with Crippen LogP contribution in [0.4, 0.5) is 4.79 Å². The number of amides is 2. The Morgan fingerprint density at radius 3 is 2.42 bits per heavy atom. The highest BCUT2D eigenvalue weighted by Crippen LogP contribution is 1.85. The van der Waals surface area contributed by atoms with E-state index in [9.17, 15) is 9.59 Å². The number of carbonyl (C=O) groups is 2. The fourth-order valence-electron chi connectivity index (χ4n) is 0.486. The third-order valence-electron chi connectivity index (χ3n) is 0.935. The first kappa shape index (κ1) is 10.2. The Kier molecular flexibility index (Phi) is 4.24. The zero-order valence-electron chi connectivity index (χ0n) is 6.20. The summed E-state index contributed by atoms with van der Waals surface area (Å²) in [6, 6.07) is -0.883. The van der Waals surface area contributed by atoms with Crippen LogP contribution in [-0.4, -0.2) is 24.2 Å². The number of nitrogens with two attached hydrogens (primary N) is 2. The Morgan fingerprint density at radius 1 is 1.50 bits per heavy atom. The summed E-state index contributed by atoms with van der Waals surface area (Å²) in [6.07, 6.45) is 0.349. The summed E-state index contributed by atoms with van der Waals surface area (Å²) in [6.45, 7) is -0.463. The van der Waals surface area contributed by atoms with Crippen LogP contribution in [0.2, 0.25) is 0 Å². The second-order valence-electron chi connectivity index (χ2n) is 1.77. The van der Waals surface area contributed by atoms with E-state index in [-0.39, 0.29) is 11.5 Å². The van der Waals surface area contributed by atoms with Gasteiger partial charge in [0.25, 0.3) is 0 Å². The zero-order valence-corrected chi connectivity index (χ0v) is 6.20. The molecule has 0 rings (SSSR count). The molecule has 0 bridgehead atoms. The minimum Gasteiger partial charge on any atom is -0.383 e. The fourth-order valence-corrected chi connectivity index (χ4v) is 0.486. The van der Waals surface area contributed by atoms with Crippen molar-refractivity contribution in [1.82, 2.24) is 10.6 Å². The number of aliphatic hydroxyl groups is 1. The van der Waals surface area contributed by atoms with Crippen LogP contribution < -0.4 is 22.1 Å². The van der Waals surface area contributed by atoms with Crippen molar-refractivity contribution >= 4 is 12.3 Å². The fraction of sp³-hybridized carbons (Fsp3) is 0.200. The maximum absolute atomic E-state index is 10.2. The van der Waals surface area contributed by atoms with Crippen LogP contribution in [0.3, 0.4) is 0 Å². The number of carbonyl (C=O) groups excluding carboxylic acids is 2. The molecule has 68 valence electrons. The summed E-state index contributed by atoms with van der Waals surface area (Å²) in [5.41, 5.74) is 9.76. The normalized spacial score (nSPS) is 11.4. The molecule has 0 atom stereocenters. The number of nitrogens with one attached hydrogen (secondary N) is 2. The van der Waals surface area contributed by atoms with Gasteiger partial charge in [-0.05, 0) is 0 Å². The summed E-state index contributed by atoms with van der Waals surface area (Å²) < 4.78 is 0. The molecule has 0 aliphatic heterocycles. The molecule has 7 N–H and O–H groups in total. The Hall–Kier alpha value is -1.76. The molecule has 0 aromatic rings. The lowest BCUT2D eigenvalue weighted by molar-refractivity contribution is -0.105. The number of allylic oxidation sites excluding steroid dienone is 1. The van der Waals surface area contributed by atoms with Crippen molar-refractivity contribution in [1.29, 1.82) is 0 Å². The Morgan fingerprint density at radius 2 is 2.08 bits per heavy atom. The molecule has 0 saturated heterocycles. The summed E-state index contributed by atoms with van der Waals surface area (Å²) in [5, 5.41) is 12.5. The first-order chi connectivity index (χ1) is 5.61. The van der Waals surface area contributed by atoms with E-state index in [0.717, 1.165) is 0 Å². The number of hydrogen-bond donors (Lipinski definition) is 5. The summed E-state index contributed by atoms with van der Waals surface area (Å²) in [4.78, 5) is 20.4. The lowest BCUT2D eigenvalue weighted by atomic mass is 10.4. The van der Waals surface area contributed by atoms with Crippen LogP contribution in [0, 0.1) is 0 Å². The molecule has 12 heavy (non-hydrogen) atoms. The largest absolute Gasteiger partial charge is 0.383 e. The van der Waals surface area contributed by atoms with Crippen molar-refractivity contribution in [3.8, 4) is 0 Å². The smallest absolute Gasteiger partial charge is 0.317 e. The quantitative estimate of drug-likeness (QED) is 0.183. The maximum Gasteiger partial charge on any atom is 0.317 e. The summed E-state index contributed by atoms with van der Waals surface area (Å²) >= 11 is 0. The van der Waals surface area contributed by atoms with Gasteiger partial charge in [-0.2, -0.15) is 0 Å². The lowest BCUT2D eigenvalue weighted by Crippen LogP contribution is -2.36. The number of aldehydes is 1. The van der Waals surface area contributed by atoms with Crippen molar-refractivity contribution < 1.29 is 14.7 Å². The molecule has 0 aromatic heterocycles. The number of primary amides is 1. The highest BCUT2D eigenvalue weighted by molar-refractivity contribution is 5.78. The molecule has 7 nitrogen and oxygen atoms in total. The minimum absolute atomic E-state index is 0.128. The average molecular weight is 174 g/mol. The van der Waals surface area contributed by atoms with Crippen molar-refractivity contribution in [3.05, 3.63) is 11.5 Å². The predicted molar refractivity (Wildman–Crippen MR) is 40.2 cm³/mol. The number of urea groups is 1. The number of hydrogen-bond acceptors (Lipinski definition) is 5. The van der Waals surface area contributed by atoms with Gasteiger partial charge in [-0.1, -0.05) is 0 Å². The Balaban J connectivity index is 4.36. The number of rotatable bonds is 4. The van der Waals surface area contributed by atoms with Crippen molar-refractivity contribution in [3.63, 3.8) is 0 Å². The summed E-state index contributed by atoms with van der Waals surface area (Å²) in [5.74, 6) is -0.230. The SMILES string of the molecule is NC(=O)N/C(N)=C(\C=O)NCO. The molecule has 0 aliphatic carbocycles. The van der Waals surface area contributed by atoms with E-state index in [1.54, 1.807) is 0 Å². The van der Waals surface area contributed by atoms with Crippen LogP contribution in [0.1, 0.15) is 0 Å². The zero-order chi connectivity index (χ0) is 9.56. The van der Waals surface area contributed by atoms with Gasteiger partial charge in [-0.25, -0.2) is 4.79 Å². The highest BCUT2D eigenvalue weighted by Gasteiger charge is 2.02. The monoisotopic (exact) mass is 174 g/mol. The average Bonchev–Trinajstić information content (AvgIpc) is 1.98. The molecule has 0 fully saturated rings. The third-order valence-corrected chi connectivity index (χ3v) is 0.935. The molecule has 0 heterocycles. The van der Waals surface area contributed by atoms with Gasteiger partial charge in [0.2, 0.25) is 0 Å². The van der Waals surface area contributed by atoms with Gasteiger partial charge in [0.15, 0.2) is 6.29 Å². The summed E-state index contributed by atoms with van der Waals surface area (Å²) in [7, 11) is 0. The molecule has 0 radical (unpaired) electrons. The first-order valence-electron chi connectivity index (χ1n) is 2.98. The molecule has 0 saturated carbocycles. The first-order valence-corrected chi connectivity index (χ1v) is 2.98. The maximum atomic E-state index is 10.2. The molecule has 0 aromatic carbocycles. The molecule has 2 amide bonds. The van der Waals surface area contributed by atoms with Gasteiger partial charge in [0, 0.05) is 0 Å². The lowest BCUT2D eigenvalue weighted by Gasteiger charge is -2.06. The van der Waals surface area contributed by atoms with Crippen molar-refractivity contribution in [2.75, 3.05) is 6.73 Å². The Bertz CT molecular complexity index is 213. The highest BCUT2D eigenvalue weighted by atomic mass is 16.3. The van der Waals surface area contributed by atoms with Gasteiger partial charge in [0.05, 0.1) is 0 Å². The van der Waals surface area contributed by atoms with Gasteiger partial charge < -0.3 is 21.9 Å². The molecular weight excluding hydrogens is 164 g/mol. The van der Waals surface area contributed by atoms with Gasteiger partial charge in [-0.15, -0.1) is 0 Å². The van der Waals surface area contributed by atoms with Crippen LogP contribution in [0.15, 0.2) is 11.5 Å². The third kappa shape index (κ3) is 3.42. The van der Waals surface area contributed by atoms with Crippen LogP contribution in [-0.2, 0) is 4.79 Å². The second kappa shape index (κ2) is 4.97. The van der Waals surface area contributed by atoms with Crippen molar-refractivity contribution in [2.24, 2.45) is 11.5 Å². The second-order valence-corrected chi connectivity index (χ2v) is 1.77. The van der Waals surface area contributed by atoms with Crippen LogP contribution >= 0.6 is 0 Å². The molecule has 0 spiro atoms. The molecular formula is C5H10N4O3. The van der Waals surface area contributed by atoms with E-state index in [1.165, 1.54) is 0 Å². The van der Waals surface area contributed by atoms with Gasteiger partial charge >= 0.3 is 6.03 Å². The topological polar surface area (TPSA) is 130 Å². The number of aliphatic hydroxyl groups excluding tert-OH is 1. The van der Waals surface area contributed by atoms with Gasteiger partial charge in [-0.3, -0.25) is 10.1 Å². The molecule has 0 aliphatic rings. The Labute approximate surface area is 68.4 Å². The standard InChI is InChI=1S/C5H10N4O3/c6-4(9-5(7)12)3(1-10)8-2-11/h1,8,11H,2,6H2,(H3,7,9,12)/b4-3+.